The van der Waals surface area contributed by atoms with Crippen LogP contribution >= 0.6 is 0 Å². The molecule has 3 heterocycles. The summed E-state index contributed by atoms with van der Waals surface area (Å²) in [5.74, 6) is 2.78. The Hall–Kier alpha value is -2.37. The lowest BCUT2D eigenvalue weighted by Gasteiger charge is -2.25. The number of anilines is 1. The molecule has 6 heteroatoms. The molecule has 132 valence electrons. The number of rotatable bonds is 4. The Morgan fingerprint density at radius 2 is 2.16 bits per heavy atom. The maximum Gasteiger partial charge on any atom is 0.183 e. The fourth-order valence-electron chi connectivity index (χ4n) is 3.57. The summed E-state index contributed by atoms with van der Waals surface area (Å²) in [7, 11) is 1.65. The Morgan fingerprint density at radius 3 is 2.96 bits per heavy atom. The van der Waals surface area contributed by atoms with Crippen molar-refractivity contribution in [2.24, 2.45) is 5.92 Å². The normalized spacial score (nSPS) is 19.4. The molecule has 0 amide bonds. The molecule has 0 bridgehead atoms. The second-order valence-electron chi connectivity index (χ2n) is 6.71. The summed E-state index contributed by atoms with van der Waals surface area (Å²) in [6, 6.07) is 5.91. The van der Waals surface area contributed by atoms with Crippen LogP contribution in [-0.4, -0.2) is 36.8 Å². The Labute approximate surface area is 146 Å². The van der Waals surface area contributed by atoms with Crippen molar-refractivity contribution in [2.45, 2.75) is 25.7 Å². The predicted octanol–water partition coefficient (Wildman–Crippen LogP) is 3.02. The van der Waals surface area contributed by atoms with Crippen LogP contribution in [-0.2, 0) is 12.8 Å². The van der Waals surface area contributed by atoms with Crippen LogP contribution in [0.5, 0.6) is 11.5 Å². The van der Waals surface area contributed by atoms with Gasteiger partial charge in [-0.25, -0.2) is 14.4 Å². The third-order valence-electron chi connectivity index (χ3n) is 4.91. The summed E-state index contributed by atoms with van der Waals surface area (Å²) in [6.07, 6.45) is 5.08. The van der Waals surface area contributed by atoms with Crippen molar-refractivity contribution in [3.8, 4) is 11.5 Å². The van der Waals surface area contributed by atoms with Gasteiger partial charge in [-0.15, -0.1) is 0 Å². The lowest BCUT2D eigenvalue weighted by atomic mass is 9.93. The minimum atomic E-state index is -0.331. The topological polar surface area (TPSA) is 47.5 Å². The van der Waals surface area contributed by atoms with Gasteiger partial charge in [-0.3, -0.25) is 0 Å². The van der Waals surface area contributed by atoms with Crippen molar-refractivity contribution in [1.29, 1.82) is 0 Å². The lowest BCUT2D eigenvalue weighted by molar-refractivity contribution is 0.218. The highest BCUT2D eigenvalue weighted by molar-refractivity contribution is 5.42. The monoisotopic (exact) mass is 343 g/mol. The van der Waals surface area contributed by atoms with Crippen molar-refractivity contribution in [1.82, 2.24) is 9.97 Å². The number of methoxy groups -OCH3 is 1. The Bertz CT molecular complexity index is 762. The zero-order valence-corrected chi connectivity index (χ0v) is 14.4. The van der Waals surface area contributed by atoms with Crippen LogP contribution in [0.1, 0.15) is 24.2 Å². The molecular weight excluding hydrogens is 321 g/mol. The molecule has 1 atom stereocenters. The molecule has 2 aliphatic heterocycles. The molecule has 5 nitrogen and oxygen atoms in total. The first-order valence-corrected chi connectivity index (χ1v) is 8.79. The first-order chi connectivity index (χ1) is 12.2. The van der Waals surface area contributed by atoms with E-state index in [1.165, 1.54) is 11.8 Å². The number of nitrogens with zero attached hydrogens (tertiary/aromatic N) is 3. The Morgan fingerprint density at radius 1 is 1.32 bits per heavy atom. The molecule has 1 aromatic heterocycles. The first kappa shape index (κ1) is 16.1. The van der Waals surface area contributed by atoms with E-state index in [1.807, 2.05) is 23.1 Å². The van der Waals surface area contributed by atoms with Gasteiger partial charge in [0, 0.05) is 31.5 Å². The molecule has 0 spiro atoms. The average molecular weight is 343 g/mol. The maximum atomic E-state index is 14.1. The van der Waals surface area contributed by atoms with Gasteiger partial charge in [0.2, 0.25) is 0 Å². The molecule has 1 aromatic carbocycles. The minimum Gasteiger partial charge on any atom is -0.497 e. The molecule has 0 aliphatic carbocycles. The predicted molar refractivity (Wildman–Crippen MR) is 92.8 cm³/mol. The molecule has 1 saturated heterocycles. The highest BCUT2D eigenvalue weighted by atomic mass is 19.1. The van der Waals surface area contributed by atoms with Crippen molar-refractivity contribution in [3.63, 3.8) is 0 Å². The minimum absolute atomic E-state index is 0.290. The van der Waals surface area contributed by atoms with E-state index in [-0.39, 0.29) is 11.7 Å². The van der Waals surface area contributed by atoms with Gasteiger partial charge < -0.3 is 14.4 Å². The second kappa shape index (κ2) is 6.86. The molecule has 25 heavy (non-hydrogen) atoms. The summed E-state index contributed by atoms with van der Waals surface area (Å²) < 4.78 is 25.2. The fourth-order valence-corrected chi connectivity index (χ4v) is 3.57. The first-order valence-electron chi connectivity index (χ1n) is 8.79. The van der Waals surface area contributed by atoms with Crippen LogP contribution in [0.3, 0.4) is 0 Å². The maximum absolute atomic E-state index is 14.1. The van der Waals surface area contributed by atoms with Crippen molar-refractivity contribution < 1.29 is 13.9 Å². The summed E-state index contributed by atoms with van der Waals surface area (Å²) in [4.78, 5) is 10.7. The van der Waals surface area contributed by atoms with E-state index in [4.69, 9.17) is 9.47 Å². The quantitative estimate of drug-likeness (QED) is 0.854. The van der Waals surface area contributed by atoms with Crippen molar-refractivity contribution in [2.75, 3.05) is 31.7 Å². The third kappa shape index (κ3) is 3.38. The number of aromatic nitrogens is 2. The van der Waals surface area contributed by atoms with Crippen LogP contribution in [0.15, 0.2) is 24.4 Å². The SMILES string of the molecule is COc1ccc2c(c1)OC[C@@H](Cc1ncc(F)c(N3CCCC3)n1)C2. The van der Waals surface area contributed by atoms with Gasteiger partial charge in [0.25, 0.3) is 0 Å². The number of fused-ring (bicyclic) bond motifs is 1. The van der Waals surface area contributed by atoms with Crippen LogP contribution in [0.4, 0.5) is 10.2 Å². The smallest absolute Gasteiger partial charge is 0.183 e. The number of halogens is 1. The van der Waals surface area contributed by atoms with E-state index in [0.717, 1.165) is 43.9 Å². The van der Waals surface area contributed by atoms with Crippen molar-refractivity contribution in [3.05, 3.63) is 41.6 Å². The Balaban J connectivity index is 1.48. The zero-order valence-electron chi connectivity index (χ0n) is 14.4. The highest BCUT2D eigenvalue weighted by Gasteiger charge is 2.23. The van der Waals surface area contributed by atoms with E-state index in [0.29, 0.717) is 24.7 Å². The summed E-state index contributed by atoms with van der Waals surface area (Å²) in [5, 5.41) is 0. The number of hydrogen-bond acceptors (Lipinski definition) is 5. The van der Waals surface area contributed by atoms with E-state index < -0.39 is 0 Å². The van der Waals surface area contributed by atoms with Gasteiger partial charge in [0.1, 0.15) is 17.3 Å². The van der Waals surface area contributed by atoms with Crippen LogP contribution in [0.2, 0.25) is 0 Å². The molecule has 1 fully saturated rings. The molecular formula is C19H22FN3O2. The fraction of sp³-hybridized carbons (Fsp3) is 0.474. The van der Waals surface area contributed by atoms with Gasteiger partial charge in [-0.2, -0.15) is 0 Å². The van der Waals surface area contributed by atoms with Crippen LogP contribution in [0.25, 0.3) is 0 Å². The van der Waals surface area contributed by atoms with Gasteiger partial charge in [0.05, 0.1) is 19.9 Å². The largest absolute Gasteiger partial charge is 0.497 e. The molecule has 0 radical (unpaired) electrons. The number of benzene rings is 1. The van der Waals surface area contributed by atoms with E-state index in [1.54, 1.807) is 7.11 Å². The zero-order chi connectivity index (χ0) is 17.2. The summed E-state index contributed by atoms with van der Waals surface area (Å²) in [6.45, 7) is 2.35. The molecule has 4 rings (SSSR count). The summed E-state index contributed by atoms with van der Waals surface area (Å²) in [5.41, 5.74) is 1.17. The highest BCUT2D eigenvalue weighted by Crippen LogP contribution is 2.32. The lowest BCUT2D eigenvalue weighted by Crippen LogP contribution is -2.25. The Kier molecular flexibility index (Phi) is 4.42. The molecule has 2 aromatic rings. The third-order valence-corrected chi connectivity index (χ3v) is 4.91. The van der Waals surface area contributed by atoms with E-state index in [9.17, 15) is 4.39 Å². The van der Waals surface area contributed by atoms with Crippen LogP contribution < -0.4 is 14.4 Å². The average Bonchev–Trinajstić information content (AvgIpc) is 3.17. The standard InChI is InChI=1S/C19H22FN3O2/c1-24-15-5-4-14-8-13(12-25-17(14)10-15)9-18-21-11-16(20)19(22-18)23-6-2-3-7-23/h4-5,10-11,13H,2-3,6-9,12H2,1H3/t13-/m1/s1. The molecule has 0 saturated carbocycles. The van der Waals surface area contributed by atoms with Gasteiger partial charge in [-0.05, 0) is 30.9 Å². The molecule has 0 unspecified atom stereocenters. The van der Waals surface area contributed by atoms with Crippen LogP contribution in [0, 0.1) is 11.7 Å². The number of ether oxygens (including phenoxy) is 2. The second-order valence-corrected chi connectivity index (χ2v) is 6.71. The molecule has 0 N–H and O–H groups in total. The van der Waals surface area contributed by atoms with E-state index >= 15 is 0 Å². The van der Waals surface area contributed by atoms with Gasteiger partial charge in [0.15, 0.2) is 11.6 Å². The van der Waals surface area contributed by atoms with Gasteiger partial charge >= 0.3 is 0 Å². The van der Waals surface area contributed by atoms with E-state index in [2.05, 4.69) is 9.97 Å². The summed E-state index contributed by atoms with van der Waals surface area (Å²) >= 11 is 0. The van der Waals surface area contributed by atoms with Gasteiger partial charge in [-0.1, -0.05) is 6.07 Å². The van der Waals surface area contributed by atoms with Crippen molar-refractivity contribution >= 4 is 5.82 Å². The number of hydrogen-bond donors (Lipinski definition) is 0. The molecule has 2 aliphatic rings.